The fourth-order valence-electron chi connectivity index (χ4n) is 1.67. The molecular formula is C13H12FNOS2. The molecule has 0 saturated carbocycles. The molecule has 0 spiro atoms. The standard InChI is InChI=1S/C13H12FNOS2/c1-8(2)15-12(16)11(18-13(15)17)7-9-4-3-5-10(14)6-9/h3-8H,1-2H3/b11-7-. The van der Waals surface area contributed by atoms with Crippen molar-refractivity contribution in [2.75, 3.05) is 0 Å². The van der Waals surface area contributed by atoms with Crippen molar-refractivity contribution in [2.45, 2.75) is 19.9 Å². The van der Waals surface area contributed by atoms with Gasteiger partial charge in [0.05, 0.1) is 4.91 Å². The van der Waals surface area contributed by atoms with Gasteiger partial charge < -0.3 is 0 Å². The molecule has 0 aliphatic carbocycles. The molecule has 0 radical (unpaired) electrons. The second kappa shape index (κ2) is 5.20. The first-order valence-corrected chi connectivity index (χ1v) is 6.74. The number of thioether (sulfide) groups is 1. The number of hydrogen-bond acceptors (Lipinski definition) is 3. The molecule has 0 atom stereocenters. The Bertz CT molecular complexity index is 540. The van der Waals surface area contributed by atoms with Crippen LogP contribution in [0, 0.1) is 5.82 Å². The number of hydrogen-bond donors (Lipinski definition) is 0. The third-order valence-corrected chi connectivity index (χ3v) is 3.82. The van der Waals surface area contributed by atoms with Gasteiger partial charge in [0.1, 0.15) is 10.1 Å². The molecule has 1 aliphatic rings. The molecule has 0 unspecified atom stereocenters. The van der Waals surface area contributed by atoms with Crippen LogP contribution in [0.1, 0.15) is 19.4 Å². The van der Waals surface area contributed by atoms with Gasteiger partial charge in [-0.05, 0) is 37.6 Å². The van der Waals surface area contributed by atoms with E-state index in [9.17, 15) is 9.18 Å². The number of rotatable bonds is 2. The fraction of sp³-hybridized carbons (Fsp3) is 0.231. The Morgan fingerprint density at radius 3 is 2.72 bits per heavy atom. The zero-order valence-corrected chi connectivity index (χ0v) is 11.6. The molecule has 1 amide bonds. The van der Waals surface area contributed by atoms with E-state index in [1.54, 1.807) is 23.1 Å². The maximum Gasteiger partial charge on any atom is 0.266 e. The van der Waals surface area contributed by atoms with Gasteiger partial charge in [0, 0.05) is 6.04 Å². The largest absolute Gasteiger partial charge is 0.290 e. The van der Waals surface area contributed by atoms with Gasteiger partial charge in [-0.3, -0.25) is 9.69 Å². The van der Waals surface area contributed by atoms with Crippen molar-refractivity contribution in [1.29, 1.82) is 0 Å². The summed E-state index contributed by atoms with van der Waals surface area (Å²) in [5.41, 5.74) is 0.666. The van der Waals surface area contributed by atoms with Gasteiger partial charge in [-0.15, -0.1) is 0 Å². The highest BCUT2D eigenvalue weighted by Gasteiger charge is 2.33. The third-order valence-electron chi connectivity index (χ3n) is 2.49. The normalized spacial score (nSPS) is 18.2. The molecule has 1 fully saturated rings. The summed E-state index contributed by atoms with van der Waals surface area (Å²) < 4.78 is 13.6. The Morgan fingerprint density at radius 2 is 2.17 bits per heavy atom. The second-order valence-corrected chi connectivity index (χ2v) is 5.88. The smallest absolute Gasteiger partial charge is 0.266 e. The zero-order chi connectivity index (χ0) is 13.3. The van der Waals surface area contributed by atoms with Gasteiger partial charge in [0.25, 0.3) is 5.91 Å². The monoisotopic (exact) mass is 281 g/mol. The number of carbonyl (C=O) groups excluding carboxylic acids is 1. The van der Waals surface area contributed by atoms with Crippen LogP contribution in [0.25, 0.3) is 6.08 Å². The van der Waals surface area contributed by atoms with E-state index in [0.717, 1.165) is 0 Å². The first kappa shape index (κ1) is 13.2. The molecule has 1 saturated heterocycles. The van der Waals surface area contributed by atoms with Crippen molar-refractivity contribution in [1.82, 2.24) is 4.90 Å². The van der Waals surface area contributed by atoms with Gasteiger partial charge >= 0.3 is 0 Å². The molecule has 1 aliphatic heterocycles. The highest BCUT2D eigenvalue weighted by molar-refractivity contribution is 8.26. The van der Waals surface area contributed by atoms with Crippen LogP contribution in [0.4, 0.5) is 4.39 Å². The van der Waals surface area contributed by atoms with Gasteiger partial charge in [-0.1, -0.05) is 36.1 Å². The SMILES string of the molecule is CC(C)N1C(=O)/C(=C/c2cccc(F)c2)SC1=S. The summed E-state index contributed by atoms with van der Waals surface area (Å²) in [6, 6.07) is 6.17. The van der Waals surface area contributed by atoms with E-state index in [2.05, 4.69) is 0 Å². The molecule has 1 aromatic carbocycles. The summed E-state index contributed by atoms with van der Waals surface area (Å²) >= 11 is 6.42. The summed E-state index contributed by atoms with van der Waals surface area (Å²) in [5.74, 6) is -0.424. The molecule has 94 valence electrons. The van der Waals surface area contributed by atoms with Gasteiger partial charge in [-0.25, -0.2) is 4.39 Å². The summed E-state index contributed by atoms with van der Waals surface area (Å²) in [7, 11) is 0. The Kier molecular flexibility index (Phi) is 3.82. The van der Waals surface area contributed by atoms with E-state index >= 15 is 0 Å². The molecule has 2 rings (SSSR count). The van der Waals surface area contributed by atoms with Crippen molar-refractivity contribution >= 4 is 40.3 Å². The summed E-state index contributed by atoms with van der Waals surface area (Å²) in [4.78, 5) is 14.2. The molecule has 0 bridgehead atoms. The van der Waals surface area contributed by atoms with E-state index in [-0.39, 0.29) is 17.8 Å². The molecule has 0 aromatic heterocycles. The van der Waals surface area contributed by atoms with Crippen molar-refractivity contribution < 1.29 is 9.18 Å². The second-order valence-electron chi connectivity index (χ2n) is 4.20. The summed E-state index contributed by atoms with van der Waals surface area (Å²) in [6.45, 7) is 3.83. The highest BCUT2D eigenvalue weighted by atomic mass is 32.2. The number of amides is 1. The summed E-state index contributed by atoms with van der Waals surface area (Å²) in [5, 5.41) is 0. The Hall–Kier alpha value is -1.20. The Balaban J connectivity index is 2.31. The third kappa shape index (κ3) is 2.62. The van der Waals surface area contributed by atoms with Crippen molar-refractivity contribution in [3.05, 3.63) is 40.6 Å². The molecule has 5 heteroatoms. The lowest BCUT2D eigenvalue weighted by Crippen LogP contribution is -2.34. The van der Waals surface area contributed by atoms with Crippen LogP contribution < -0.4 is 0 Å². The van der Waals surface area contributed by atoms with Gasteiger partial charge in [0.15, 0.2) is 0 Å². The minimum atomic E-state index is -0.317. The molecule has 1 aromatic rings. The zero-order valence-electron chi connectivity index (χ0n) is 10.0. The van der Waals surface area contributed by atoms with Crippen LogP contribution in [-0.4, -0.2) is 21.2 Å². The molecular weight excluding hydrogens is 269 g/mol. The minimum absolute atomic E-state index is 0.0379. The first-order chi connectivity index (χ1) is 8.49. The lowest BCUT2D eigenvalue weighted by Gasteiger charge is -2.18. The Morgan fingerprint density at radius 1 is 1.44 bits per heavy atom. The predicted octanol–water partition coefficient (Wildman–Crippen LogP) is 3.44. The first-order valence-electron chi connectivity index (χ1n) is 5.51. The average Bonchev–Trinajstić information content (AvgIpc) is 2.54. The van der Waals surface area contributed by atoms with E-state index < -0.39 is 0 Å². The van der Waals surface area contributed by atoms with Crippen molar-refractivity contribution in [3.8, 4) is 0 Å². The maximum absolute atomic E-state index is 13.1. The van der Waals surface area contributed by atoms with Crippen LogP contribution >= 0.6 is 24.0 Å². The van der Waals surface area contributed by atoms with Crippen LogP contribution in [0.2, 0.25) is 0 Å². The lowest BCUT2D eigenvalue weighted by atomic mass is 10.2. The van der Waals surface area contributed by atoms with E-state index in [1.165, 1.54) is 23.9 Å². The topological polar surface area (TPSA) is 20.3 Å². The number of thiocarbonyl (C=S) groups is 1. The lowest BCUT2D eigenvalue weighted by molar-refractivity contribution is -0.123. The van der Waals surface area contributed by atoms with E-state index in [0.29, 0.717) is 14.8 Å². The Labute approximate surface area is 115 Å². The van der Waals surface area contributed by atoms with E-state index in [4.69, 9.17) is 12.2 Å². The van der Waals surface area contributed by atoms with Crippen molar-refractivity contribution in [2.24, 2.45) is 0 Å². The number of benzene rings is 1. The van der Waals surface area contributed by atoms with Crippen LogP contribution in [0.15, 0.2) is 29.2 Å². The van der Waals surface area contributed by atoms with Gasteiger partial charge in [-0.2, -0.15) is 0 Å². The summed E-state index contributed by atoms with van der Waals surface area (Å²) in [6.07, 6.45) is 1.67. The van der Waals surface area contributed by atoms with Crippen LogP contribution in [0.3, 0.4) is 0 Å². The molecule has 0 N–H and O–H groups in total. The molecule has 1 heterocycles. The average molecular weight is 281 g/mol. The molecule has 2 nitrogen and oxygen atoms in total. The van der Waals surface area contributed by atoms with Gasteiger partial charge in [0.2, 0.25) is 0 Å². The number of nitrogens with zero attached hydrogens (tertiary/aromatic N) is 1. The maximum atomic E-state index is 13.1. The highest BCUT2D eigenvalue weighted by Crippen LogP contribution is 2.33. The minimum Gasteiger partial charge on any atom is -0.290 e. The number of halogens is 1. The molecule has 18 heavy (non-hydrogen) atoms. The van der Waals surface area contributed by atoms with Crippen molar-refractivity contribution in [3.63, 3.8) is 0 Å². The quantitative estimate of drug-likeness (QED) is 0.612. The van der Waals surface area contributed by atoms with E-state index in [1.807, 2.05) is 13.8 Å². The predicted molar refractivity (Wildman–Crippen MR) is 76.5 cm³/mol. The fourth-order valence-corrected chi connectivity index (χ4v) is 3.20. The van der Waals surface area contributed by atoms with Crippen LogP contribution in [0.5, 0.6) is 0 Å². The number of carbonyl (C=O) groups is 1. The van der Waals surface area contributed by atoms with Crippen LogP contribution in [-0.2, 0) is 4.79 Å².